The number of carbonyl (C=O) groups is 1. The molecule has 0 fully saturated rings. The van der Waals surface area contributed by atoms with Crippen molar-refractivity contribution in [3.05, 3.63) is 71.3 Å². The molecule has 0 bridgehead atoms. The van der Waals surface area contributed by atoms with Crippen molar-refractivity contribution >= 4 is 16.9 Å². The fourth-order valence-corrected chi connectivity index (χ4v) is 2.72. The van der Waals surface area contributed by atoms with Gasteiger partial charge in [-0.25, -0.2) is 9.97 Å². The third-order valence-corrected chi connectivity index (χ3v) is 4.28. The van der Waals surface area contributed by atoms with Gasteiger partial charge >= 0.3 is 0 Å². The zero-order valence-electron chi connectivity index (χ0n) is 14.9. The van der Waals surface area contributed by atoms with Gasteiger partial charge in [-0.1, -0.05) is 18.2 Å². The molecule has 0 saturated heterocycles. The van der Waals surface area contributed by atoms with Crippen molar-refractivity contribution in [2.24, 2.45) is 0 Å². The van der Waals surface area contributed by atoms with Crippen molar-refractivity contribution in [3.63, 3.8) is 0 Å². The second-order valence-corrected chi connectivity index (χ2v) is 6.12. The minimum absolute atomic E-state index is 0.206. The van der Waals surface area contributed by atoms with E-state index in [9.17, 15) is 4.79 Å². The smallest absolute Gasteiger partial charge is 0.251 e. The molecule has 2 aromatic heterocycles. The lowest BCUT2D eigenvalue weighted by molar-refractivity contribution is 0.0949. The van der Waals surface area contributed by atoms with E-state index in [4.69, 9.17) is 0 Å². The van der Waals surface area contributed by atoms with Crippen molar-refractivity contribution in [1.82, 2.24) is 35.5 Å². The van der Waals surface area contributed by atoms with Crippen molar-refractivity contribution in [2.45, 2.75) is 20.4 Å². The number of carbonyl (C=O) groups excluding carboxylic acids is 1. The fraction of sp³-hybridized carbons (Fsp3) is 0.158. The summed E-state index contributed by atoms with van der Waals surface area (Å²) >= 11 is 0. The summed E-state index contributed by atoms with van der Waals surface area (Å²) in [6.07, 6.45) is 0. The van der Waals surface area contributed by atoms with E-state index in [0.717, 1.165) is 22.6 Å². The number of aryl methyl sites for hydroxylation is 2. The van der Waals surface area contributed by atoms with E-state index < -0.39 is 0 Å². The molecule has 4 rings (SSSR count). The number of nitrogens with zero attached hydrogens (tertiary/aromatic N) is 6. The van der Waals surface area contributed by atoms with Crippen LogP contribution in [0.15, 0.2) is 48.5 Å². The maximum atomic E-state index is 12.5. The molecule has 0 aliphatic heterocycles. The van der Waals surface area contributed by atoms with Crippen LogP contribution in [0.1, 0.15) is 27.6 Å². The Morgan fingerprint density at radius 1 is 1.00 bits per heavy atom. The molecule has 0 aliphatic rings. The molecule has 134 valence electrons. The van der Waals surface area contributed by atoms with Crippen molar-refractivity contribution in [3.8, 4) is 5.69 Å². The Kier molecular flexibility index (Phi) is 4.29. The molecule has 4 aromatic rings. The Balaban J connectivity index is 1.53. The van der Waals surface area contributed by atoms with Gasteiger partial charge in [0.1, 0.15) is 0 Å². The van der Waals surface area contributed by atoms with E-state index in [1.807, 2.05) is 44.2 Å². The lowest BCUT2D eigenvalue weighted by Crippen LogP contribution is -2.24. The predicted octanol–water partition coefficient (Wildman–Crippen LogP) is 2.15. The highest BCUT2D eigenvalue weighted by Gasteiger charge is 2.12. The van der Waals surface area contributed by atoms with E-state index in [0.29, 0.717) is 16.9 Å². The molecule has 0 saturated carbocycles. The average molecular weight is 359 g/mol. The van der Waals surface area contributed by atoms with E-state index in [-0.39, 0.29) is 12.5 Å². The van der Waals surface area contributed by atoms with E-state index in [1.165, 1.54) is 0 Å². The van der Waals surface area contributed by atoms with E-state index >= 15 is 0 Å². The lowest BCUT2D eigenvalue weighted by Gasteiger charge is -2.08. The highest BCUT2D eigenvalue weighted by atomic mass is 16.1. The predicted molar refractivity (Wildman–Crippen MR) is 99.3 cm³/mol. The maximum Gasteiger partial charge on any atom is 0.251 e. The molecule has 8 heteroatoms. The minimum Gasteiger partial charge on any atom is -0.345 e. The van der Waals surface area contributed by atoms with E-state index in [2.05, 4.69) is 30.8 Å². The molecular weight excluding hydrogens is 342 g/mol. The SMILES string of the molecule is Cc1nc2ccc(C(=O)NCc3nnnn3-c3ccccc3)cc2nc1C. The molecule has 2 aromatic carbocycles. The van der Waals surface area contributed by atoms with Crippen LogP contribution in [0.25, 0.3) is 16.7 Å². The Labute approximate surface area is 155 Å². The van der Waals surface area contributed by atoms with Crippen LogP contribution in [0.4, 0.5) is 0 Å². The number of amides is 1. The van der Waals surface area contributed by atoms with Crippen molar-refractivity contribution < 1.29 is 4.79 Å². The average Bonchev–Trinajstić information content (AvgIpc) is 3.16. The van der Waals surface area contributed by atoms with E-state index in [1.54, 1.807) is 22.9 Å². The first-order chi connectivity index (χ1) is 13.1. The summed E-state index contributed by atoms with van der Waals surface area (Å²) < 4.78 is 1.60. The minimum atomic E-state index is -0.223. The van der Waals surface area contributed by atoms with Crippen LogP contribution in [0.3, 0.4) is 0 Å². The first kappa shape index (κ1) is 16.8. The van der Waals surface area contributed by atoms with Crippen LogP contribution in [0.2, 0.25) is 0 Å². The molecule has 0 spiro atoms. The number of rotatable bonds is 4. The molecule has 8 nitrogen and oxygen atoms in total. The first-order valence-electron chi connectivity index (χ1n) is 8.48. The van der Waals surface area contributed by atoms with Gasteiger partial charge in [-0.3, -0.25) is 4.79 Å². The molecule has 1 amide bonds. The number of para-hydroxylation sites is 1. The standard InChI is InChI=1S/C19H17N7O/c1-12-13(2)22-17-10-14(8-9-16(17)21-12)19(27)20-11-18-23-24-25-26(18)15-6-4-3-5-7-15/h3-10H,11H2,1-2H3,(H,20,27). The molecule has 1 N–H and O–H groups in total. The molecule has 27 heavy (non-hydrogen) atoms. The lowest BCUT2D eigenvalue weighted by atomic mass is 10.1. The van der Waals surface area contributed by atoms with Gasteiger partial charge in [-0.2, -0.15) is 4.68 Å². The van der Waals surface area contributed by atoms with Crippen molar-refractivity contribution in [2.75, 3.05) is 0 Å². The summed E-state index contributed by atoms with van der Waals surface area (Å²) in [6.45, 7) is 4.02. The summed E-state index contributed by atoms with van der Waals surface area (Å²) in [5.74, 6) is 0.320. The summed E-state index contributed by atoms with van der Waals surface area (Å²) in [4.78, 5) is 21.5. The van der Waals surface area contributed by atoms with Gasteiger partial charge in [0.05, 0.1) is 34.7 Å². The number of nitrogens with one attached hydrogen (secondary N) is 1. The number of hydrogen-bond acceptors (Lipinski definition) is 6. The Hall–Kier alpha value is -3.68. The van der Waals surface area contributed by atoms with Crippen molar-refractivity contribution in [1.29, 1.82) is 0 Å². The number of aromatic nitrogens is 6. The molecule has 0 radical (unpaired) electrons. The maximum absolute atomic E-state index is 12.5. The number of benzene rings is 2. The van der Waals surface area contributed by atoms with Gasteiger partial charge in [0, 0.05) is 5.56 Å². The molecule has 0 unspecified atom stereocenters. The summed E-state index contributed by atoms with van der Waals surface area (Å²) in [5.41, 5.74) is 4.54. The Bertz CT molecular complexity index is 1120. The van der Waals surface area contributed by atoms with Gasteiger partial charge < -0.3 is 5.32 Å². The monoisotopic (exact) mass is 359 g/mol. The first-order valence-corrected chi connectivity index (χ1v) is 8.48. The van der Waals surface area contributed by atoms with Crippen LogP contribution in [-0.4, -0.2) is 36.1 Å². The number of fused-ring (bicyclic) bond motifs is 1. The van der Waals surface area contributed by atoms with Crippen LogP contribution in [0, 0.1) is 13.8 Å². The van der Waals surface area contributed by atoms with Crippen LogP contribution in [0.5, 0.6) is 0 Å². The van der Waals surface area contributed by atoms with Gasteiger partial charge in [-0.05, 0) is 54.6 Å². The Morgan fingerprint density at radius 3 is 2.52 bits per heavy atom. The van der Waals surface area contributed by atoms with Crippen LogP contribution in [-0.2, 0) is 6.54 Å². The Morgan fingerprint density at radius 2 is 1.74 bits per heavy atom. The summed E-state index contributed by atoms with van der Waals surface area (Å²) in [6, 6.07) is 14.8. The zero-order valence-corrected chi connectivity index (χ0v) is 14.9. The number of tetrazole rings is 1. The molecule has 0 atom stereocenters. The molecular formula is C19H17N7O. The van der Waals surface area contributed by atoms with Gasteiger partial charge in [-0.15, -0.1) is 5.10 Å². The van der Waals surface area contributed by atoms with Crippen LogP contribution < -0.4 is 5.32 Å². The summed E-state index contributed by atoms with van der Waals surface area (Å²) in [7, 11) is 0. The van der Waals surface area contributed by atoms with Gasteiger partial charge in [0.15, 0.2) is 5.82 Å². The van der Waals surface area contributed by atoms with Crippen LogP contribution >= 0.6 is 0 Å². The molecule has 2 heterocycles. The van der Waals surface area contributed by atoms with Gasteiger partial charge in [0.2, 0.25) is 0 Å². The largest absolute Gasteiger partial charge is 0.345 e. The zero-order chi connectivity index (χ0) is 18.8. The summed E-state index contributed by atoms with van der Waals surface area (Å²) in [5, 5.41) is 14.5. The third-order valence-electron chi connectivity index (χ3n) is 4.28. The number of hydrogen-bond donors (Lipinski definition) is 1. The highest BCUT2D eigenvalue weighted by Crippen LogP contribution is 2.15. The third kappa shape index (κ3) is 3.37. The highest BCUT2D eigenvalue weighted by molar-refractivity contribution is 5.97. The van der Waals surface area contributed by atoms with Gasteiger partial charge in [0.25, 0.3) is 5.91 Å². The molecule has 0 aliphatic carbocycles. The fourth-order valence-electron chi connectivity index (χ4n) is 2.72. The quantitative estimate of drug-likeness (QED) is 0.599. The topological polar surface area (TPSA) is 98.5 Å². The second-order valence-electron chi connectivity index (χ2n) is 6.12. The normalized spacial score (nSPS) is 10.9. The second kappa shape index (κ2) is 6.91.